The molecule has 0 bridgehead atoms. The second-order valence-electron chi connectivity index (χ2n) is 3.84. The van der Waals surface area contributed by atoms with E-state index in [1.165, 1.54) is 24.0 Å². The maximum absolute atomic E-state index is 5.67. The van der Waals surface area contributed by atoms with Crippen molar-refractivity contribution in [2.24, 2.45) is 0 Å². The zero-order chi connectivity index (χ0) is 11.1. The Kier molecular flexibility index (Phi) is 5.77. The van der Waals surface area contributed by atoms with Gasteiger partial charge in [0.1, 0.15) is 5.75 Å². The Hall–Kier alpha value is -0.500. The van der Waals surface area contributed by atoms with Crippen LogP contribution in [-0.4, -0.2) is 11.9 Å². The normalized spacial score (nSPS) is 10.3. The van der Waals surface area contributed by atoms with Crippen molar-refractivity contribution in [3.63, 3.8) is 0 Å². The van der Waals surface area contributed by atoms with Gasteiger partial charge in [-0.05, 0) is 56.4 Å². The average Bonchev–Trinajstić information content (AvgIpc) is 2.23. The summed E-state index contributed by atoms with van der Waals surface area (Å²) in [6.07, 6.45) is 3.60. The van der Waals surface area contributed by atoms with Crippen LogP contribution in [0, 0.1) is 13.8 Å². The molecule has 0 unspecified atom stereocenters. The van der Waals surface area contributed by atoms with Crippen LogP contribution in [0.4, 0.5) is 0 Å². The van der Waals surface area contributed by atoms with E-state index in [0.717, 1.165) is 24.1 Å². The largest absolute Gasteiger partial charge is 0.494 e. The molecule has 0 atom stereocenters. The van der Waals surface area contributed by atoms with Crippen LogP contribution in [0.1, 0.15) is 30.4 Å². The minimum atomic E-state index is 0.829. The van der Waals surface area contributed by atoms with Crippen LogP contribution in [0.25, 0.3) is 0 Å². The summed E-state index contributed by atoms with van der Waals surface area (Å²) in [6, 6.07) is 6.27. The molecular weight excluding hydrogens is 252 g/mol. The van der Waals surface area contributed by atoms with E-state index in [9.17, 15) is 0 Å². The smallest absolute Gasteiger partial charge is 0.119 e. The lowest BCUT2D eigenvalue weighted by atomic mass is 10.1. The third-order valence-corrected chi connectivity index (χ3v) is 3.09. The van der Waals surface area contributed by atoms with Crippen LogP contribution in [0.2, 0.25) is 0 Å². The van der Waals surface area contributed by atoms with Gasteiger partial charge in [0, 0.05) is 5.33 Å². The molecule has 1 aromatic carbocycles. The van der Waals surface area contributed by atoms with E-state index in [-0.39, 0.29) is 0 Å². The summed E-state index contributed by atoms with van der Waals surface area (Å²) < 4.78 is 5.67. The Morgan fingerprint density at radius 3 is 2.53 bits per heavy atom. The summed E-state index contributed by atoms with van der Waals surface area (Å²) in [6.45, 7) is 5.07. The Labute approximate surface area is 101 Å². The number of halogens is 1. The predicted octanol–water partition coefficient (Wildman–Crippen LogP) is 4.25. The first-order valence-corrected chi connectivity index (χ1v) is 6.62. The minimum absolute atomic E-state index is 0.829. The summed E-state index contributed by atoms with van der Waals surface area (Å²) in [5.74, 6) is 0.997. The number of ether oxygens (including phenoxy) is 1. The highest BCUT2D eigenvalue weighted by atomic mass is 79.9. The Morgan fingerprint density at radius 2 is 1.87 bits per heavy atom. The van der Waals surface area contributed by atoms with Crippen LogP contribution < -0.4 is 4.74 Å². The highest BCUT2D eigenvalue weighted by Crippen LogP contribution is 2.16. The number of hydrogen-bond donors (Lipinski definition) is 0. The topological polar surface area (TPSA) is 9.23 Å². The molecule has 0 aliphatic carbocycles. The fourth-order valence-electron chi connectivity index (χ4n) is 1.37. The van der Waals surface area contributed by atoms with Gasteiger partial charge in [0.25, 0.3) is 0 Å². The van der Waals surface area contributed by atoms with Gasteiger partial charge in [-0.1, -0.05) is 22.0 Å². The van der Waals surface area contributed by atoms with Crippen molar-refractivity contribution in [2.45, 2.75) is 33.1 Å². The third kappa shape index (κ3) is 4.70. The molecule has 0 saturated carbocycles. The van der Waals surface area contributed by atoms with Crippen molar-refractivity contribution in [3.8, 4) is 5.75 Å². The summed E-state index contributed by atoms with van der Waals surface area (Å²) >= 11 is 3.42. The zero-order valence-corrected chi connectivity index (χ0v) is 11.1. The molecule has 0 aliphatic rings. The van der Waals surface area contributed by atoms with Crippen molar-refractivity contribution in [1.29, 1.82) is 0 Å². The lowest BCUT2D eigenvalue weighted by molar-refractivity contribution is 0.306. The Morgan fingerprint density at radius 1 is 1.07 bits per heavy atom. The van der Waals surface area contributed by atoms with Crippen molar-refractivity contribution in [1.82, 2.24) is 0 Å². The maximum Gasteiger partial charge on any atom is 0.119 e. The maximum atomic E-state index is 5.67. The molecule has 0 spiro atoms. The number of unbranched alkanes of at least 4 members (excludes halogenated alkanes) is 2. The van der Waals surface area contributed by atoms with Crippen molar-refractivity contribution < 1.29 is 4.74 Å². The van der Waals surface area contributed by atoms with E-state index in [1.54, 1.807) is 0 Å². The molecule has 84 valence electrons. The van der Waals surface area contributed by atoms with Crippen LogP contribution in [0.5, 0.6) is 5.75 Å². The van der Waals surface area contributed by atoms with E-state index < -0.39 is 0 Å². The molecule has 0 fully saturated rings. The lowest BCUT2D eigenvalue weighted by Crippen LogP contribution is -1.98. The van der Waals surface area contributed by atoms with Crippen LogP contribution in [0.3, 0.4) is 0 Å². The summed E-state index contributed by atoms with van der Waals surface area (Å²) in [5.41, 5.74) is 2.62. The number of benzene rings is 1. The SMILES string of the molecule is Cc1ccc(OCCCCCBr)cc1C. The van der Waals surface area contributed by atoms with Crippen LogP contribution >= 0.6 is 15.9 Å². The van der Waals surface area contributed by atoms with Gasteiger partial charge in [-0.15, -0.1) is 0 Å². The van der Waals surface area contributed by atoms with Gasteiger partial charge < -0.3 is 4.74 Å². The number of hydrogen-bond acceptors (Lipinski definition) is 1. The quantitative estimate of drug-likeness (QED) is 0.555. The fourth-order valence-corrected chi connectivity index (χ4v) is 1.76. The van der Waals surface area contributed by atoms with E-state index in [1.807, 2.05) is 6.07 Å². The molecule has 15 heavy (non-hydrogen) atoms. The van der Waals surface area contributed by atoms with Gasteiger partial charge in [0.15, 0.2) is 0 Å². The highest BCUT2D eigenvalue weighted by Gasteiger charge is 1.96. The molecule has 0 N–H and O–H groups in total. The van der Waals surface area contributed by atoms with E-state index >= 15 is 0 Å². The predicted molar refractivity (Wildman–Crippen MR) is 69.1 cm³/mol. The first-order valence-electron chi connectivity index (χ1n) is 5.50. The van der Waals surface area contributed by atoms with Gasteiger partial charge >= 0.3 is 0 Å². The second-order valence-corrected chi connectivity index (χ2v) is 4.64. The molecule has 2 heteroatoms. The molecule has 1 rings (SSSR count). The number of aryl methyl sites for hydroxylation is 2. The van der Waals surface area contributed by atoms with Crippen molar-refractivity contribution in [2.75, 3.05) is 11.9 Å². The van der Waals surface area contributed by atoms with Crippen molar-refractivity contribution in [3.05, 3.63) is 29.3 Å². The minimum Gasteiger partial charge on any atom is -0.494 e. The number of rotatable bonds is 6. The molecule has 1 nitrogen and oxygen atoms in total. The molecule has 0 aromatic heterocycles. The van der Waals surface area contributed by atoms with Crippen LogP contribution in [0.15, 0.2) is 18.2 Å². The lowest BCUT2D eigenvalue weighted by Gasteiger charge is -2.07. The Balaban J connectivity index is 2.28. The van der Waals surface area contributed by atoms with Crippen molar-refractivity contribution >= 4 is 15.9 Å². The third-order valence-electron chi connectivity index (χ3n) is 2.53. The Bertz CT molecular complexity index is 297. The van der Waals surface area contributed by atoms with Gasteiger partial charge in [0.2, 0.25) is 0 Å². The summed E-state index contributed by atoms with van der Waals surface area (Å²) in [7, 11) is 0. The summed E-state index contributed by atoms with van der Waals surface area (Å²) in [5, 5.41) is 1.09. The van der Waals surface area contributed by atoms with Gasteiger partial charge in [0.05, 0.1) is 6.61 Å². The molecule has 0 radical (unpaired) electrons. The average molecular weight is 271 g/mol. The second kappa shape index (κ2) is 6.89. The van der Waals surface area contributed by atoms with E-state index in [0.29, 0.717) is 0 Å². The van der Waals surface area contributed by atoms with E-state index in [2.05, 4.69) is 41.9 Å². The van der Waals surface area contributed by atoms with Crippen LogP contribution in [-0.2, 0) is 0 Å². The fraction of sp³-hybridized carbons (Fsp3) is 0.538. The summed E-state index contributed by atoms with van der Waals surface area (Å²) in [4.78, 5) is 0. The molecule has 0 heterocycles. The van der Waals surface area contributed by atoms with Gasteiger partial charge in [-0.25, -0.2) is 0 Å². The first kappa shape index (κ1) is 12.6. The van der Waals surface area contributed by atoms with Gasteiger partial charge in [-0.3, -0.25) is 0 Å². The van der Waals surface area contributed by atoms with E-state index in [4.69, 9.17) is 4.74 Å². The highest BCUT2D eigenvalue weighted by molar-refractivity contribution is 9.09. The van der Waals surface area contributed by atoms with Gasteiger partial charge in [-0.2, -0.15) is 0 Å². The zero-order valence-electron chi connectivity index (χ0n) is 9.55. The monoisotopic (exact) mass is 270 g/mol. The molecule has 0 aliphatic heterocycles. The molecule has 1 aromatic rings. The number of alkyl halides is 1. The standard InChI is InChI=1S/C13H19BrO/c1-11-6-7-13(10-12(11)2)15-9-5-3-4-8-14/h6-7,10H,3-5,8-9H2,1-2H3. The molecular formula is C13H19BrO. The molecule has 0 saturated heterocycles. The first-order chi connectivity index (χ1) is 7.24. The molecule has 0 amide bonds.